The number of aromatic nitrogens is 1. The predicted octanol–water partition coefficient (Wildman–Crippen LogP) is 4.02. The summed E-state index contributed by atoms with van der Waals surface area (Å²) in [6, 6.07) is 17.6. The Morgan fingerprint density at radius 3 is 2.65 bits per heavy atom. The van der Waals surface area contributed by atoms with Gasteiger partial charge in [-0.1, -0.05) is 54.6 Å². The molecule has 0 bridgehead atoms. The van der Waals surface area contributed by atoms with E-state index in [1.165, 1.54) is 11.3 Å². The quantitative estimate of drug-likeness (QED) is 0.742. The molecule has 1 aromatic heterocycles. The molecule has 0 atom stereocenters. The van der Waals surface area contributed by atoms with E-state index in [0.717, 1.165) is 22.4 Å². The number of fused-ring (bicyclic) bond motifs is 1. The third kappa shape index (κ3) is 2.66. The van der Waals surface area contributed by atoms with Gasteiger partial charge in [0.1, 0.15) is 5.71 Å². The van der Waals surface area contributed by atoms with Crippen LogP contribution in [0.1, 0.15) is 15.9 Å². The first-order valence-electron chi connectivity index (χ1n) is 7.27. The molecule has 2 aromatic carbocycles. The largest absolute Gasteiger partial charge is 0.287 e. The van der Waals surface area contributed by atoms with Crippen LogP contribution in [0.25, 0.3) is 11.3 Å². The molecule has 1 aliphatic rings. The van der Waals surface area contributed by atoms with Gasteiger partial charge in [-0.2, -0.15) is 5.10 Å². The van der Waals surface area contributed by atoms with Crippen molar-refractivity contribution in [3.63, 3.8) is 0 Å². The van der Waals surface area contributed by atoms with Crippen LogP contribution in [0.3, 0.4) is 0 Å². The highest BCUT2D eigenvalue weighted by molar-refractivity contribution is 7.14. The molecule has 0 saturated heterocycles. The van der Waals surface area contributed by atoms with Crippen LogP contribution in [0.2, 0.25) is 0 Å². The monoisotopic (exact) mass is 319 g/mol. The molecule has 1 aliphatic carbocycles. The maximum absolute atomic E-state index is 12.3. The van der Waals surface area contributed by atoms with Crippen molar-refractivity contribution in [1.82, 2.24) is 4.98 Å². The summed E-state index contributed by atoms with van der Waals surface area (Å²) in [5, 5.41) is 6.92. The molecule has 4 nitrogen and oxygen atoms in total. The highest BCUT2D eigenvalue weighted by atomic mass is 32.1. The molecule has 4 rings (SSSR count). The van der Waals surface area contributed by atoms with Crippen molar-refractivity contribution in [2.24, 2.45) is 5.10 Å². The molecular weight excluding hydrogens is 306 g/mol. The van der Waals surface area contributed by atoms with Crippen molar-refractivity contribution in [3.05, 3.63) is 71.1 Å². The number of hydrogen-bond acceptors (Lipinski definition) is 5. The first-order valence-corrected chi connectivity index (χ1v) is 8.15. The lowest BCUT2D eigenvalue weighted by atomic mass is 10.1. The molecule has 5 heteroatoms. The first kappa shape index (κ1) is 13.8. The number of anilines is 1. The number of nitrogens with zero attached hydrogens (tertiary/aromatic N) is 2. The number of thiazole rings is 1. The van der Waals surface area contributed by atoms with Gasteiger partial charge in [-0.3, -0.25) is 10.2 Å². The van der Waals surface area contributed by atoms with Crippen LogP contribution in [0, 0.1) is 0 Å². The van der Waals surface area contributed by atoms with Crippen molar-refractivity contribution >= 4 is 28.0 Å². The van der Waals surface area contributed by atoms with Crippen molar-refractivity contribution in [1.29, 1.82) is 0 Å². The highest BCUT2D eigenvalue weighted by Crippen LogP contribution is 2.25. The lowest BCUT2D eigenvalue weighted by molar-refractivity contribution is 0.106. The summed E-state index contributed by atoms with van der Waals surface area (Å²) in [5.41, 5.74) is 7.19. The number of Topliss-reactive ketones (excluding diaryl/α,β-unsaturated/α-hetero) is 1. The summed E-state index contributed by atoms with van der Waals surface area (Å²) >= 11 is 1.47. The molecule has 1 heterocycles. The first-order chi connectivity index (χ1) is 11.3. The molecule has 0 aliphatic heterocycles. The standard InChI is InChI=1S/C18H13N3OS/c22-17-14-9-5-4-8-13(14)10-15(17)20-21-18-19-16(11-23-18)12-6-2-1-3-7-12/h1-9,11H,10H2,(H,19,21)/b20-15-. The minimum atomic E-state index is -0.00654. The predicted molar refractivity (Wildman–Crippen MR) is 93.1 cm³/mol. The highest BCUT2D eigenvalue weighted by Gasteiger charge is 2.25. The Kier molecular flexibility index (Phi) is 3.48. The molecule has 0 unspecified atom stereocenters. The topological polar surface area (TPSA) is 54.4 Å². The van der Waals surface area contributed by atoms with Crippen LogP contribution < -0.4 is 5.43 Å². The Bertz CT molecular complexity index is 899. The average molecular weight is 319 g/mol. The van der Waals surface area contributed by atoms with E-state index >= 15 is 0 Å². The minimum Gasteiger partial charge on any atom is -0.287 e. The number of hydrazone groups is 1. The van der Waals surface area contributed by atoms with Gasteiger partial charge in [-0.25, -0.2) is 4.98 Å². The van der Waals surface area contributed by atoms with E-state index < -0.39 is 0 Å². The molecule has 0 saturated carbocycles. The fourth-order valence-electron chi connectivity index (χ4n) is 2.58. The Labute approximate surface area is 137 Å². The molecule has 3 aromatic rings. The number of ketones is 1. The number of benzene rings is 2. The van der Waals surface area contributed by atoms with Gasteiger partial charge >= 0.3 is 0 Å². The third-order valence-electron chi connectivity index (χ3n) is 3.74. The van der Waals surface area contributed by atoms with Gasteiger partial charge in [-0.15, -0.1) is 11.3 Å². The Morgan fingerprint density at radius 1 is 1.04 bits per heavy atom. The minimum absolute atomic E-state index is 0.00654. The van der Waals surface area contributed by atoms with Crippen LogP contribution >= 0.6 is 11.3 Å². The molecule has 0 fully saturated rings. The van der Waals surface area contributed by atoms with Gasteiger partial charge in [0, 0.05) is 22.9 Å². The fraction of sp³-hybridized carbons (Fsp3) is 0.0556. The van der Waals surface area contributed by atoms with Gasteiger partial charge in [0.25, 0.3) is 0 Å². The van der Waals surface area contributed by atoms with Gasteiger partial charge in [0.2, 0.25) is 10.9 Å². The van der Waals surface area contributed by atoms with Crippen LogP contribution in [0.5, 0.6) is 0 Å². The van der Waals surface area contributed by atoms with Crippen LogP contribution in [0.15, 0.2) is 65.1 Å². The zero-order valence-electron chi connectivity index (χ0n) is 12.2. The Morgan fingerprint density at radius 2 is 1.83 bits per heavy atom. The molecule has 0 radical (unpaired) electrons. The zero-order chi connectivity index (χ0) is 15.6. The number of rotatable bonds is 3. The summed E-state index contributed by atoms with van der Waals surface area (Å²) in [7, 11) is 0. The van der Waals surface area contributed by atoms with E-state index in [-0.39, 0.29) is 5.78 Å². The fourth-order valence-corrected chi connectivity index (χ4v) is 3.25. The second-order valence-electron chi connectivity index (χ2n) is 5.24. The van der Waals surface area contributed by atoms with Crippen LogP contribution in [-0.2, 0) is 6.42 Å². The van der Waals surface area contributed by atoms with E-state index in [2.05, 4.69) is 15.5 Å². The second kappa shape index (κ2) is 5.78. The van der Waals surface area contributed by atoms with E-state index in [1.54, 1.807) is 0 Å². The van der Waals surface area contributed by atoms with Gasteiger partial charge in [0.15, 0.2) is 0 Å². The number of nitrogens with one attached hydrogen (secondary N) is 1. The van der Waals surface area contributed by atoms with Crippen molar-refractivity contribution in [2.45, 2.75) is 6.42 Å². The third-order valence-corrected chi connectivity index (χ3v) is 4.49. The van der Waals surface area contributed by atoms with Crippen molar-refractivity contribution in [3.8, 4) is 11.3 Å². The Hall–Kier alpha value is -2.79. The van der Waals surface area contributed by atoms with E-state index in [9.17, 15) is 4.79 Å². The lowest BCUT2D eigenvalue weighted by Crippen LogP contribution is -2.10. The van der Waals surface area contributed by atoms with Crippen LogP contribution in [-0.4, -0.2) is 16.5 Å². The lowest BCUT2D eigenvalue weighted by Gasteiger charge is -1.97. The summed E-state index contributed by atoms with van der Waals surface area (Å²) < 4.78 is 0. The second-order valence-corrected chi connectivity index (χ2v) is 6.10. The van der Waals surface area contributed by atoms with Gasteiger partial charge in [0.05, 0.1) is 5.69 Å². The number of hydrogen-bond donors (Lipinski definition) is 1. The zero-order valence-corrected chi connectivity index (χ0v) is 13.0. The summed E-state index contributed by atoms with van der Waals surface area (Å²) in [6.45, 7) is 0. The number of carbonyl (C=O) groups is 1. The summed E-state index contributed by atoms with van der Waals surface area (Å²) in [5.74, 6) is -0.00654. The summed E-state index contributed by atoms with van der Waals surface area (Å²) in [4.78, 5) is 16.8. The van der Waals surface area contributed by atoms with E-state index in [0.29, 0.717) is 17.3 Å². The molecule has 0 amide bonds. The van der Waals surface area contributed by atoms with Crippen LogP contribution in [0.4, 0.5) is 5.13 Å². The Balaban J connectivity index is 1.52. The van der Waals surface area contributed by atoms with Gasteiger partial charge < -0.3 is 0 Å². The maximum atomic E-state index is 12.3. The average Bonchev–Trinajstić information content (AvgIpc) is 3.19. The smallest absolute Gasteiger partial charge is 0.209 e. The molecule has 1 N–H and O–H groups in total. The molecule has 23 heavy (non-hydrogen) atoms. The van der Waals surface area contributed by atoms with Gasteiger partial charge in [-0.05, 0) is 5.56 Å². The number of carbonyl (C=O) groups excluding carboxylic acids is 1. The van der Waals surface area contributed by atoms with E-state index in [1.807, 2.05) is 60.0 Å². The van der Waals surface area contributed by atoms with E-state index in [4.69, 9.17) is 0 Å². The molecule has 112 valence electrons. The molecular formula is C18H13N3OS. The summed E-state index contributed by atoms with van der Waals surface area (Å²) in [6.07, 6.45) is 0.568. The maximum Gasteiger partial charge on any atom is 0.209 e. The molecule has 0 spiro atoms. The SMILES string of the molecule is O=C1/C(=N\Nc2nc(-c3ccccc3)cs2)Cc2ccccc21. The van der Waals surface area contributed by atoms with Crippen molar-refractivity contribution < 1.29 is 4.79 Å². The normalized spacial score (nSPS) is 15.0. The van der Waals surface area contributed by atoms with Crippen molar-refractivity contribution in [2.75, 3.05) is 5.43 Å².